The van der Waals surface area contributed by atoms with Crippen LogP contribution in [-0.2, 0) is 0 Å². The Kier molecular flexibility index (Phi) is 3.70. The predicted molar refractivity (Wildman–Crippen MR) is 71.7 cm³/mol. The standard InChI is InChI=1S/C11H13BrN2S/c1-8-6-13-11(15-7-8)14-10-4-2-9(12)3-5-10/h2-5,8H,6-7H2,1H3,(H,13,14). The largest absolute Gasteiger partial charge is 0.335 e. The van der Waals surface area contributed by atoms with Gasteiger partial charge in [-0.05, 0) is 30.2 Å². The number of rotatable bonds is 1. The number of halogens is 1. The first-order chi connectivity index (χ1) is 7.24. The fraction of sp³-hybridized carbons (Fsp3) is 0.364. The maximum Gasteiger partial charge on any atom is 0.161 e. The van der Waals surface area contributed by atoms with Crippen LogP contribution in [0, 0.1) is 5.92 Å². The Morgan fingerprint density at radius 3 is 2.73 bits per heavy atom. The molecule has 1 atom stereocenters. The molecule has 0 aromatic heterocycles. The molecule has 1 aliphatic heterocycles. The van der Waals surface area contributed by atoms with E-state index in [1.807, 2.05) is 24.3 Å². The van der Waals surface area contributed by atoms with Crippen LogP contribution in [0.2, 0.25) is 0 Å². The normalized spacial score (nSPS) is 20.9. The Bertz CT molecular complexity index is 361. The lowest BCUT2D eigenvalue weighted by molar-refractivity contribution is 0.674. The van der Waals surface area contributed by atoms with Gasteiger partial charge in [-0.1, -0.05) is 34.6 Å². The van der Waals surface area contributed by atoms with Crippen molar-refractivity contribution in [3.8, 4) is 0 Å². The van der Waals surface area contributed by atoms with Crippen molar-refractivity contribution in [1.29, 1.82) is 0 Å². The summed E-state index contributed by atoms with van der Waals surface area (Å²) in [6.45, 7) is 3.17. The zero-order chi connectivity index (χ0) is 10.7. The molecule has 2 rings (SSSR count). The van der Waals surface area contributed by atoms with E-state index in [9.17, 15) is 0 Å². The van der Waals surface area contributed by atoms with Crippen LogP contribution >= 0.6 is 27.7 Å². The number of hydrogen-bond acceptors (Lipinski definition) is 3. The van der Waals surface area contributed by atoms with Gasteiger partial charge in [-0.3, -0.25) is 4.99 Å². The highest BCUT2D eigenvalue weighted by Gasteiger charge is 2.11. The van der Waals surface area contributed by atoms with E-state index in [1.54, 1.807) is 11.8 Å². The number of benzene rings is 1. The molecule has 1 aromatic carbocycles. The number of thioether (sulfide) groups is 1. The van der Waals surface area contributed by atoms with Crippen molar-refractivity contribution in [2.45, 2.75) is 6.92 Å². The van der Waals surface area contributed by atoms with E-state index in [1.165, 1.54) is 0 Å². The molecule has 1 aromatic rings. The molecule has 1 N–H and O–H groups in total. The fourth-order valence-corrected chi connectivity index (χ4v) is 2.46. The molecule has 0 radical (unpaired) electrons. The summed E-state index contributed by atoms with van der Waals surface area (Å²) < 4.78 is 1.10. The Morgan fingerprint density at radius 1 is 1.40 bits per heavy atom. The zero-order valence-corrected chi connectivity index (χ0v) is 10.9. The third-order valence-corrected chi connectivity index (χ3v) is 3.92. The number of amidine groups is 1. The van der Waals surface area contributed by atoms with E-state index in [0.29, 0.717) is 5.92 Å². The minimum absolute atomic E-state index is 0.700. The van der Waals surface area contributed by atoms with Crippen LogP contribution in [0.1, 0.15) is 6.92 Å². The molecule has 0 fully saturated rings. The summed E-state index contributed by atoms with van der Waals surface area (Å²) in [6.07, 6.45) is 0. The lowest BCUT2D eigenvalue weighted by atomic mass is 10.2. The van der Waals surface area contributed by atoms with Gasteiger partial charge in [0, 0.05) is 22.5 Å². The van der Waals surface area contributed by atoms with Gasteiger partial charge in [0.05, 0.1) is 0 Å². The van der Waals surface area contributed by atoms with Crippen LogP contribution in [-0.4, -0.2) is 17.5 Å². The minimum Gasteiger partial charge on any atom is -0.335 e. The highest BCUT2D eigenvalue weighted by atomic mass is 79.9. The van der Waals surface area contributed by atoms with E-state index in [0.717, 1.165) is 27.6 Å². The van der Waals surface area contributed by atoms with Crippen LogP contribution in [0.25, 0.3) is 0 Å². The summed E-state index contributed by atoms with van der Waals surface area (Å²) in [5.74, 6) is 1.85. The first-order valence-corrected chi connectivity index (χ1v) is 6.72. The van der Waals surface area contributed by atoms with Crippen molar-refractivity contribution in [3.63, 3.8) is 0 Å². The van der Waals surface area contributed by atoms with Crippen molar-refractivity contribution in [1.82, 2.24) is 0 Å². The Balaban J connectivity index is 2.00. The number of nitrogens with one attached hydrogen (secondary N) is 1. The number of hydrogen-bond donors (Lipinski definition) is 1. The topological polar surface area (TPSA) is 24.4 Å². The van der Waals surface area contributed by atoms with E-state index in [2.05, 4.69) is 33.2 Å². The average molecular weight is 285 g/mol. The van der Waals surface area contributed by atoms with Crippen molar-refractivity contribution in [2.75, 3.05) is 17.6 Å². The molecule has 0 saturated carbocycles. The van der Waals surface area contributed by atoms with Gasteiger partial charge < -0.3 is 5.32 Å². The Morgan fingerprint density at radius 2 is 2.13 bits per heavy atom. The van der Waals surface area contributed by atoms with Gasteiger partial charge in [0.2, 0.25) is 0 Å². The average Bonchev–Trinajstić information content (AvgIpc) is 2.25. The molecule has 0 aliphatic carbocycles. The van der Waals surface area contributed by atoms with Gasteiger partial charge >= 0.3 is 0 Å². The summed E-state index contributed by atoms with van der Waals surface area (Å²) in [5, 5.41) is 4.36. The third kappa shape index (κ3) is 3.24. The van der Waals surface area contributed by atoms with Gasteiger partial charge in [-0.25, -0.2) is 0 Å². The van der Waals surface area contributed by atoms with Crippen molar-refractivity contribution in [3.05, 3.63) is 28.7 Å². The number of nitrogens with zero attached hydrogens (tertiary/aromatic N) is 1. The maximum absolute atomic E-state index is 4.48. The van der Waals surface area contributed by atoms with Crippen molar-refractivity contribution < 1.29 is 0 Å². The van der Waals surface area contributed by atoms with E-state index in [4.69, 9.17) is 0 Å². The summed E-state index contributed by atoms with van der Waals surface area (Å²) >= 11 is 5.21. The van der Waals surface area contributed by atoms with Crippen LogP contribution in [0.3, 0.4) is 0 Å². The first kappa shape index (κ1) is 11.0. The first-order valence-electron chi connectivity index (χ1n) is 4.94. The quantitative estimate of drug-likeness (QED) is 0.852. The molecule has 80 valence electrons. The van der Waals surface area contributed by atoms with Gasteiger partial charge in [-0.2, -0.15) is 0 Å². The molecule has 4 heteroatoms. The summed E-state index contributed by atoms with van der Waals surface area (Å²) in [6, 6.07) is 8.15. The second-order valence-corrected chi connectivity index (χ2v) is 5.62. The Hall–Kier alpha value is -0.480. The molecule has 1 heterocycles. The zero-order valence-electron chi connectivity index (χ0n) is 8.53. The van der Waals surface area contributed by atoms with Gasteiger partial charge in [0.1, 0.15) is 0 Å². The molecule has 0 amide bonds. The lowest BCUT2D eigenvalue weighted by Crippen LogP contribution is -2.18. The van der Waals surface area contributed by atoms with E-state index >= 15 is 0 Å². The van der Waals surface area contributed by atoms with Crippen molar-refractivity contribution >= 4 is 38.5 Å². The van der Waals surface area contributed by atoms with Crippen LogP contribution in [0.5, 0.6) is 0 Å². The number of aliphatic imine (C=N–C) groups is 1. The summed E-state index contributed by atoms with van der Waals surface area (Å²) in [7, 11) is 0. The molecule has 0 bridgehead atoms. The van der Waals surface area contributed by atoms with Gasteiger partial charge in [0.25, 0.3) is 0 Å². The molecule has 2 nitrogen and oxygen atoms in total. The van der Waals surface area contributed by atoms with E-state index < -0.39 is 0 Å². The van der Waals surface area contributed by atoms with Crippen LogP contribution in [0.15, 0.2) is 33.7 Å². The molecule has 1 unspecified atom stereocenters. The third-order valence-electron chi connectivity index (χ3n) is 2.15. The molecule has 1 aliphatic rings. The van der Waals surface area contributed by atoms with Gasteiger partial charge in [-0.15, -0.1) is 0 Å². The maximum atomic E-state index is 4.48. The monoisotopic (exact) mass is 284 g/mol. The van der Waals surface area contributed by atoms with Crippen molar-refractivity contribution in [2.24, 2.45) is 10.9 Å². The molecule has 0 saturated heterocycles. The fourth-order valence-electron chi connectivity index (χ4n) is 1.29. The highest BCUT2D eigenvalue weighted by Crippen LogP contribution is 2.20. The second kappa shape index (κ2) is 5.03. The van der Waals surface area contributed by atoms with Crippen LogP contribution in [0.4, 0.5) is 5.69 Å². The SMILES string of the molecule is CC1CN=C(Nc2ccc(Br)cc2)SC1. The summed E-state index contributed by atoms with van der Waals surface area (Å²) in [5.41, 5.74) is 1.10. The second-order valence-electron chi connectivity index (χ2n) is 3.69. The van der Waals surface area contributed by atoms with Crippen LogP contribution < -0.4 is 5.32 Å². The predicted octanol–water partition coefficient (Wildman–Crippen LogP) is 3.60. The summed E-state index contributed by atoms with van der Waals surface area (Å²) in [4.78, 5) is 4.48. The highest BCUT2D eigenvalue weighted by molar-refractivity contribution is 9.10. The lowest BCUT2D eigenvalue weighted by Gasteiger charge is -2.17. The molecular formula is C11H13BrN2S. The Labute approximate surface area is 103 Å². The molecule has 15 heavy (non-hydrogen) atoms. The minimum atomic E-state index is 0.700. The molecular weight excluding hydrogens is 272 g/mol. The van der Waals surface area contributed by atoms with E-state index in [-0.39, 0.29) is 0 Å². The molecule has 0 spiro atoms. The smallest absolute Gasteiger partial charge is 0.161 e. The van der Waals surface area contributed by atoms with Gasteiger partial charge in [0.15, 0.2) is 5.17 Å². The number of anilines is 1.